The summed E-state index contributed by atoms with van der Waals surface area (Å²) < 4.78 is 4.98. The van der Waals surface area contributed by atoms with Crippen LogP contribution in [0.15, 0.2) is 18.2 Å². The van der Waals surface area contributed by atoms with Crippen molar-refractivity contribution in [1.82, 2.24) is 5.32 Å². The molecule has 5 nitrogen and oxygen atoms in total. The zero-order valence-electron chi connectivity index (χ0n) is 11.1. The SMILES string of the molecule is COCCC(C)NC(=O)c1ccc(NN)cc1C. The Morgan fingerprint density at radius 3 is 2.78 bits per heavy atom. The normalized spacial score (nSPS) is 12.0. The fourth-order valence-corrected chi connectivity index (χ4v) is 1.68. The van der Waals surface area contributed by atoms with Gasteiger partial charge in [0.05, 0.1) is 0 Å². The minimum atomic E-state index is -0.0697. The number of anilines is 1. The number of methoxy groups -OCH3 is 1. The Bertz CT molecular complexity index is 407. The third kappa shape index (κ3) is 4.01. The molecular formula is C13H21N3O2. The van der Waals surface area contributed by atoms with Gasteiger partial charge in [0.25, 0.3) is 5.91 Å². The van der Waals surface area contributed by atoms with E-state index in [1.165, 1.54) is 0 Å². The fourth-order valence-electron chi connectivity index (χ4n) is 1.68. The molecule has 0 saturated carbocycles. The molecule has 0 aliphatic rings. The molecule has 0 bridgehead atoms. The number of rotatable bonds is 6. The van der Waals surface area contributed by atoms with Crippen LogP contribution in [0.1, 0.15) is 29.3 Å². The van der Waals surface area contributed by atoms with Crippen LogP contribution >= 0.6 is 0 Å². The number of hydrogen-bond donors (Lipinski definition) is 3. The van der Waals surface area contributed by atoms with Crippen molar-refractivity contribution in [2.45, 2.75) is 26.3 Å². The van der Waals surface area contributed by atoms with Crippen LogP contribution in [0.5, 0.6) is 0 Å². The molecule has 100 valence electrons. The second-order valence-electron chi connectivity index (χ2n) is 4.33. The van der Waals surface area contributed by atoms with Gasteiger partial charge in [-0.3, -0.25) is 10.6 Å². The summed E-state index contributed by atoms with van der Waals surface area (Å²) in [5.74, 6) is 5.25. The Hall–Kier alpha value is -1.59. The third-order valence-electron chi connectivity index (χ3n) is 2.77. The molecule has 1 aromatic rings. The quantitative estimate of drug-likeness (QED) is 0.528. The fraction of sp³-hybridized carbons (Fsp3) is 0.462. The molecule has 0 fully saturated rings. The van der Waals surface area contributed by atoms with Gasteiger partial charge in [-0.2, -0.15) is 0 Å². The lowest BCUT2D eigenvalue weighted by atomic mass is 10.1. The summed E-state index contributed by atoms with van der Waals surface area (Å²) in [5.41, 5.74) is 4.90. The number of hydrogen-bond acceptors (Lipinski definition) is 4. The highest BCUT2D eigenvalue weighted by Crippen LogP contribution is 2.14. The Labute approximate surface area is 108 Å². The van der Waals surface area contributed by atoms with E-state index in [2.05, 4.69) is 10.7 Å². The van der Waals surface area contributed by atoms with Crippen LogP contribution < -0.4 is 16.6 Å². The average molecular weight is 251 g/mol. The summed E-state index contributed by atoms with van der Waals surface area (Å²) in [7, 11) is 1.65. The molecule has 1 unspecified atom stereocenters. The van der Waals surface area contributed by atoms with Crippen molar-refractivity contribution in [3.05, 3.63) is 29.3 Å². The first kappa shape index (κ1) is 14.5. The van der Waals surface area contributed by atoms with Crippen molar-refractivity contribution < 1.29 is 9.53 Å². The van der Waals surface area contributed by atoms with Crippen molar-refractivity contribution in [3.8, 4) is 0 Å². The predicted octanol–water partition coefficient (Wildman–Crippen LogP) is 1.44. The average Bonchev–Trinajstić information content (AvgIpc) is 2.35. The number of carbonyl (C=O) groups is 1. The van der Waals surface area contributed by atoms with Gasteiger partial charge >= 0.3 is 0 Å². The van der Waals surface area contributed by atoms with Crippen LogP contribution in [-0.4, -0.2) is 25.7 Å². The van der Waals surface area contributed by atoms with Gasteiger partial charge in [0.15, 0.2) is 0 Å². The zero-order valence-corrected chi connectivity index (χ0v) is 11.1. The van der Waals surface area contributed by atoms with Gasteiger partial charge in [0.2, 0.25) is 0 Å². The molecule has 4 N–H and O–H groups in total. The van der Waals surface area contributed by atoms with Crippen LogP contribution in [0.2, 0.25) is 0 Å². The summed E-state index contributed by atoms with van der Waals surface area (Å²) in [5, 5.41) is 2.94. The molecule has 0 saturated heterocycles. The number of nitrogen functional groups attached to an aromatic ring is 1. The zero-order chi connectivity index (χ0) is 13.5. The summed E-state index contributed by atoms with van der Waals surface area (Å²) in [6, 6.07) is 5.48. The maximum absolute atomic E-state index is 12.0. The summed E-state index contributed by atoms with van der Waals surface area (Å²) in [6.45, 7) is 4.48. The molecule has 0 aliphatic heterocycles. The number of nitrogens with two attached hydrogens (primary N) is 1. The van der Waals surface area contributed by atoms with Crippen LogP contribution in [0.4, 0.5) is 5.69 Å². The number of benzene rings is 1. The van der Waals surface area contributed by atoms with Crippen molar-refractivity contribution in [1.29, 1.82) is 0 Å². The standard InChI is InChI=1S/C13H21N3O2/c1-9-8-11(16-14)4-5-12(9)13(17)15-10(2)6-7-18-3/h4-5,8,10,16H,6-7,14H2,1-3H3,(H,15,17). The van der Waals surface area contributed by atoms with Gasteiger partial charge in [-0.25, -0.2) is 0 Å². The van der Waals surface area contributed by atoms with Gasteiger partial charge in [-0.05, 0) is 44.0 Å². The number of aryl methyl sites for hydroxylation is 1. The van der Waals surface area contributed by atoms with Gasteiger partial charge in [-0.1, -0.05) is 0 Å². The van der Waals surface area contributed by atoms with Crippen molar-refractivity contribution in [2.75, 3.05) is 19.1 Å². The highest BCUT2D eigenvalue weighted by molar-refractivity contribution is 5.96. The lowest BCUT2D eigenvalue weighted by Crippen LogP contribution is -2.33. The summed E-state index contributed by atoms with van der Waals surface area (Å²) >= 11 is 0. The maximum Gasteiger partial charge on any atom is 0.251 e. The first-order chi connectivity index (χ1) is 8.58. The monoisotopic (exact) mass is 251 g/mol. The van der Waals surface area contributed by atoms with Crippen LogP contribution in [0.25, 0.3) is 0 Å². The van der Waals surface area contributed by atoms with Crippen LogP contribution in [0, 0.1) is 6.92 Å². The van der Waals surface area contributed by atoms with Crippen molar-refractivity contribution in [3.63, 3.8) is 0 Å². The Morgan fingerprint density at radius 1 is 1.50 bits per heavy atom. The molecule has 1 amide bonds. The number of carbonyl (C=O) groups excluding carboxylic acids is 1. The highest BCUT2D eigenvalue weighted by atomic mass is 16.5. The molecule has 0 aliphatic carbocycles. The highest BCUT2D eigenvalue weighted by Gasteiger charge is 2.12. The van der Waals surface area contributed by atoms with Crippen LogP contribution in [-0.2, 0) is 4.74 Å². The van der Waals surface area contributed by atoms with E-state index in [0.717, 1.165) is 17.7 Å². The van der Waals surface area contributed by atoms with E-state index in [1.54, 1.807) is 19.2 Å². The molecular weight excluding hydrogens is 230 g/mol. The van der Waals surface area contributed by atoms with E-state index in [4.69, 9.17) is 10.6 Å². The largest absolute Gasteiger partial charge is 0.385 e. The van der Waals surface area contributed by atoms with Crippen molar-refractivity contribution >= 4 is 11.6 Å². The smallest absolute Gasteiger partial charge is 0.251 e. The lowest BCUT2D eigenvalue weighted by molar-refractivity contribution is 0.0929. The predicted molar refractivity (Wildman–Crippen MR) is 72.4 cm³/mol. The molecule has 0 radical (unpaired) electrons. The molecule has 1 rings (SSSR count). The van der Waals surface area contributed by atoms with E-state index in [1.807, 2.05) is 19.9 Å². The van der Waals surface area contributed by atoms with E-state index in [9.17, 15) is 4.79 Å². The second kappa shape index (κ2) is 6.98. The maximum atomic E-state index is 12.0. The molecule has 18 heavy (non-hydrogen) atoms. The van der Waals surface area contributed by atoms with E-state index >= 15 is 0 Å². The van der Waals surface area contributed by atoms with Crippen LogP contribution in [0.3, 0.4) is 0 Å². The van der Waals surface area contributed by atoms with Gasteiger partial charge in [0.1, 0.15) is 0 Å². The Morgan fingerprint density at radius 2 is 2.22 bits per heavy atom. The van der Waals surface area contributed by atoms with E-state index < -0.39 is 0 Å². The molecule has 0 spiro atoms. The molecule has 0 aromatic heterocycles. The van der Waals surface area contributed by atoms with E-state index in [-0.39, 0.29) is 11.9 Å². The Kier molecular flexibility index (Phi) is 5.61. The van der Waals surface area contributed by atoms with Gasteiger partial charge in [0, 0.05) is 31.0 Å². The minimum Gasteiger partial charge on any atom is -0.385 e. The topological polar surface area (TPSA) is 76.4 Å². The first-order valence-electron chi connectivity index (χ1n) is 5.95. The molecule has 0 heterocycles. The molecule has 1 aromatic carbocycles. The molecule has 5 heteroatoms. The number of hydrazine groups is 1. The first-order valence-corrected chi connectivity index (χ1v) is 5.95. The lowest BCUT2D eigenvalue weighted by Gasteiger charge is -2.15. The summed E-state index contributed by atoms with van der Waals surface area (Å²) in [6.07, 6.45) is 0.795. The van der Waals surface area contributed by atoms with Gasteiger partial charge in [-0.15, -0.1) is 0 Å². The van der Waals surface area contributed by atoms with E-state index in [0.29, 0.717) is 12.2 Å². The minimum absolute atomic E-state index is 0.0697. The third-order valence-corrected chi connectivity index (χ3v) is 2.77. The number of ether oxygens (including phenoxy) is 1. The van der Waals surface area contributed by atoms with Crippen molar-refractivity contribution in [2.24, 2.45) is 5.84 Å². The van der Waals surface area contributed by atoms with Gasteiger partial charge < -0.3 is 15.5 Å². The number of nitrogens with one attached hydrogen (secondary N) is 2. The number of amides is 1. The Balaban J connectivity index is 2.66. The summed E-state index contributed by atoms with van der Waals surface area (Å²) in [4.78, 5) is 12.0. The second-order valence-corrected chi connectivity index (χ2v) is 4.33. The molecule has 1 atom stereocenters.